The first kappa shape index (κ1) is 23.5. The maximum atomic E-state index is 13.7. The van der Waals surface area contributed by atoms with E-state index in [1.165, 1.54) is 38.3 Å². The molecule has 0 bridgehead atoms. The fraction of sp³-hybridized carbons (Fsp3) is 0.273. The van der Waals surface area contributed by atoms with Crippen LogP contribution in [0.5, 0.6) is 17.2 Å². The van der Waals surface area contributed by atoms with Gasteiger partial charge in [-0.3, -0.25) is 9.59 Å². The Morgan fingerprint density at radius 3 is 2.42 bits per heavy atom. The van der Waals surface area contributed by atoms with Crippen molar-refractivity contribution in [2.45, 2.75) is 13.1 Å². The largest absolute Gasteiger partial charge is 0.493 e. The Balaban J connectivity index is 1.55. The van der Waals surface area contributed by atoms with Crippen molar-refractivity contribution in [3.8, 4) is 17.2 Å². The van der Waals surface area contributed by atoms with Gasteiger partial charge in [0.25, 0.3) is 11.8 Å². The van der Waals surface area contributed by atoms with Gasteiger partial charge in [-0.1, -0.05) is 23.4 Å². The van der Waals surface area contributed by atoms with Gasteiger partial charge in [0.2, 0.25) is 5.75 Å². The van der Waals surface area contributed by atoms with Gasteiger partial charge in [0.15, 0.2) is 17.2 Å². The van der Waals surface area contributed by atoms with Crippen molar-refractivity contribution in [3.05, 3.63) is 65.2 Å². The fourth-order valence-electron chi connectivity index (χ4n) is 3.08. The summed E-state index contributed by atoms with van der Waals surface area (Å²) in [5, 5.41) is 13.1. The second-order valence-corrected chi connectivity index (χ2v) is 6.78. The minimum absolute atomic E-state index is 0.0293. The van der Waals surface area contributed by atoms with Crippen LogP contribution < -0.4 is 24.8 Å². The van der Waals surface area contributed by atoms with E-state index in [0.29, 0.717) is 17.1 Å². The van der Waals surface area contributed by atoms with Gasteiger partial charge < -0.3 is 24.8 Å². The highest BCUT2D eigenvalue weighted by molar-refractivity contribution is 5.98. The number of aromatic nitrogens is 3. The van der Waals surface area contributed by atoms with Gasteiger partial charge in [0.1, 0.15) is 5.82 Å². The first-order chi connectivity index (χ1) is 16.0. The lowest BCUT2D eigenvalue weighted by Crippen LogP contribution is -2.28. The van der Waals surface area contributed by atoms with Crippen molar-refractivity contribution in [1.29, 1.82) is 0 Å². The molecule has 3 rings (SSSR count). The van der Waals surface area contributed by atoms with Gasteiger partial charge in [-0.25, -0.2) is 9.07 Å². The molecule has 1 aromatic heterocycles. The predicted molar refractivity (Wildman–Crippen MR) is 116 cm³/mol. The number of rotatable bonds is 10. The van der Waals surface area contributed by atoms with Gasteiger partial charge in [0, 0.05) is 18.7 Å². The molecule has 3 aromatic rings. The van der Waals surface area contributed by atoms with Crippen LogP contribution in [-0.2, 0) is 13.1 Å². The number of benzene rings is 2. The molecule has 0 unspecified atom stereocenters. The van der Waals surface area contributed by atoms with E-state index in [4.69, 9.17) is 14.2 Å². The van der Waals surface area contributed by atoms with E-state index >= 15 is 0 Å². The van der Waals surface area contributed by atoms with Gasteiger partial charge in [0.05, 0.1) is 39.6 Å². The van der Waals surface area contributed by atoms with E-state index in [1.807, 2.05) is 0 Å². The first-order valence-corrected chi connectivity index (χ1v) is 9.97. The molecule has 0 spiro atoms. The maximum absolute atomic E-state index is 13.7. The third kappa shape index (κ3) is 5.56. The first-order valence-electron chi connectivity index (χ1n) is 9.97. The number of hydrogen-bond donors (Lipinski definition) is 2. The van der Waals surface area contributed by atoms with Crippen LogP contribution in [-0.4, -0.2) is 54.7 Å². The molecule has 0 saturated heterocycles. The Kier molecular flexibility index (Phi) is 7.79. The second-order valence-electron chi connectivity index (χ2n) is 6.78. The molecule has 0 fully saturated rings. The van der Waals surface area contributed by atoms with Gasteiger partial charge in [-0.15, -0.1) is 5.10 Å². The van der Waals surface area contributed by atoms with Crippen LogP contribution >= 0.6 is 0 Å². The van der Waals surface area contributed by atoms with Crippen LogP contribution in [0.25, 0.3) is 0 Å². The Hall–Kier alpha value is -4.15. The van der Waals surface area contributed by atoms with Crippen molar-refractivity contribution in [2.24, 2.45) is 0 Å². The number of carbonyl (C=O) groups excluding carboxylic acids is 2. The van der Waals surface area contributed by atoms with Crippen molar-refractivity contribution in [3.63, 3.8) is 0 Å². The topological polar surface area (TPSA) is 117 Å². The Bertz CT molecular complexity index is 1130. The molecule has 0 radical (unpaired) electrons. The van der Waals surface area contributed by atoms with Crippen LogP contribution in [0.3, 0.4) is 0 Å². The summed E-state index contributed by atoms with van der Waals surface area (Å²) < 4.78 is 30.9. The molecule has 11 heteroatoms. The molecule has 0 aliphatic heterocycles. The summed E-state index contributed by atoms with van der Waals surface area (Å²) in [5.74, 6) is -0.254. The Morgan fingerprint density at radius 2 is 1.73 bits per heavy atom. The number of hydrogen-bond acceptors (Lipinski definition) is 7. The van der Waals surface area contributed by atoms with E-state index in [9.17, 15) is 14.0 Å². The molecule has 33 heavy (non-hydrogen) atoms. The van der Waals surface area contributed by atoms with Crippen LogP contribution in [0.15, 0.2) is 42.6 Å². The quantitative estimate of drug-likeness (QED) is 0.477. The summed E-state index contributed by atoms with van der Waals surface area (Å²) in [5.41, 5.74) is 0.729. The zero-order valence-corrected chi connectivity index (χ0v) is 18.4. The summed E-state index contributed by atoms with van der Waals surface area (Å²) in [6.07, 6.45) is 1.44. The molecule has 174 valence electrons. The third-order valence-electron chi connectivity index (χ3n) is 4.74. The molecule has 0 saturated carbocycles. The highest BCUT2D eigenvalue weighted by atomic mass is 19.1. The summed E-state index contributed by atoms with van der Waals surface area (Å²) in [6, 6.07) is 9.36. The number of nitrogens with one attached hydrogen (secondary N) is 2. The van der Waals surface area contributed by atoms with Crippen molar-refractivity contribution < 1.29 is 28.2 Å². The molecule has 2 aromatic carbocycles. The summed E-state index contributed by atoms with van der Waals surface area (Å²) in [4.78, 5) is 24.9. The van der Waals surface area contributed by atoms with Gasteiger partial charge in [-0.05, 0) is 18.2 Å². The molecule has 0 aliphatic rings. The average Bonchev–Trinajstić information content (AvgIpc) is 3.31. The molecule has 0 aliphatic carbocycles. The van der Waals surface area contributed by atoms with E-state index in [1.54, 1.807) is 30.3 Å². The number of halogens is 1. The van der Waals surface area contributed by atoms with E-state index < -0.39 is 11.7 Å². The molecular weight excluding hydrogens is 433 g/mol. The Morgan fingerprint density at radius 1 is 0.970 bits per heavy atom. The van der Waals surface area contributed by atoms with Gasteiger partial charge in [-0.2, -0.15) is 0 Å². The fourth-order valence-corrected chi connectivity index (χ4v) is 3.08. The highest BCUT2D eigenvalue weighted by Gasteiger charge is 2.20. The second kappa shape index (κ2) is 10.9. The van der Waals surface area contributed by atoms with Crippen LogP contribution in [0.2, 0.25) is 0 Å². The average molecular weight is 457 g/mol. The van der Waals surface area contributed by atoms with Crippen LogP contribution in [0.1, 0.15) is 26.4 Å². The van der Waals surface area contributed by atoms with Crippen molar-refractivity contribution in [2.75, 3.05) is 27.9 Å². The third-order valence-corrected chi connectivity index (χ3v) is 4.74. The van der Waals surface area contributed by atoms with Crippen molar-refractivity contribution in [1.82, 2.24) is 25.6 Å². The molecule has 0 atom stereocenters. The summed E-state index contributed by atoms with van der Waals surface area (Å²) in [7, 11) is 4.38. The number of amides is 2. The minimum Gasteiger partial charge on any atom is -0.493 e. The lowest BCUT2D eigenvalue weighted by atomic mass is 10.1. The van der Waals surface area contributed by atoms with E-state index in [0.717, 1.165) is 0 Å². The number of methoxy groups -OCH3 is 3. The van der Waals surface area contributed by atoms with E-state index in [2.05, 4.69) is 20.9 Å². The SMILES string of the molecule is COc1ccc(C(=O)NCCn2cc(C(=O)NCc3ccccc3F)nn2)c(OC)c1OC. The lowest BCUT2D eigenvalue weighted by Gasteiger charge is -2.15. The van der Waals surface area contributed by atoms with Crippen LogP contribution in [0, 0.1) is 5.82 Å². The summed E-state index contributed by atoms with van der Waals surface area (Å²) >= 11 is 0. The van der Waals surface area contributed by atoms with Gasteiger partial charge >= 0.3 is 0 Å². The predicted octanol–water partition coefficient (Wildman–Crippen LogP) is 1.80. The highest BCUT2D eigenvalue weighted by Crippen LogP contribution is 2.39. The van der Waals surface area contributed by atoms with E-state index in [-0.39, 0.29) is 42.5 Å². The normalized spacial score (nSPS) is 10.4. The smallest absolute Gasteiger partial charge is 0.273 e. The number of carbonyl (C=O) groups is 2. The molecular formula is C22H24FN5O5. The standard InChI is InChI=1S/C22H24FN5O5/c1-31-18-9-8-15(19(32-2)20(18)33-3)21(29)24-10-11-28-13-17(26-27-28)22(30)25-12-14-6-4-5-7-16(14)23/h4-9,13H,10-12H2,1-3H3,(H,24,29)(H,25,30). The zero-order chi connectivity index (χ0) is 23.8. The summed E-state index contributed by atoms with van der Waals surface area (Å²) in [6.45, 7) is 0.520. The molecule has 1 heterocycles. The maximum Gasteiger partial charge on any atom is 0.273 e. The monoisotopic (exact) mass is 457 g/mol. The Labute approximate surface area is 189 Å². The molecule has 2 amide bonds. The number of ether oxygens (including phenoxy) is 3. The minimum atomic E-state index is -0.483. The lowest BCUT2D eigenvalue weighted by molar-refractivity contribution is 0.0937. The number of nitrogens with zero attached hydrogens (tertiary/aromatic N) is 3. The molecule has 2 N–H and O–H groups in total. The van der Waals surface area contributed by atoms with Crippen LogP contribution in [0.4, 0.5) is 4.39 Å². The zero-order valence-electron chi connectivity index (χ0n) is 18.4. The van der Waals surface area contributed by atoms with Crippen molar-refractivity contribution >= 4 is 11.8 Å². The molecule has 10 nitrogen and oxygen atoms in total.